The molecule has 0 aliphatic carbocycles. The number of carbonyl (C=O) groups is 1. The fourth-order valence-electron chi connectivity index (χ4n) is 1.95. The lowest BCUT2D eigenvalue weighted by Gasteiger charge is -2.23. The molecule has 23 heavy (non-hydrogen) atoms. The van der Waals surface area contributed by atoms with Gasteiger partial charge in [-0.05, 0) is 31.0 Å². The maximum Gasteiger partial charge on any atom is 0.220 e. The molecule has 130 valence electrons. The molecule has 0 radical (unpaired) electrons. The summed E-state index contributed by atoms with van der Waals surface area (Å²) in [5, 5.41) is 12.7. The Kier molecular flexibility index (Phi) is 7.18. The number of aliphatic hydroxyl groups is 1. The van der Waals surface area contributed by atoms with E-state index in [0.29, 0.717) is 19.4 Å². The minimum Gasteiger partial charge on any atom is -0.388 e. The molecule has 0 heterocycles. The van der Waals surface area contributed by atoms with Crippen LogP contribution in [0.3, 0.4) is 0 Å². The molecule has 0 aliphatic heterocycles. The minimum absolute atomic E-state index is 0.158. The van der Waals surface area contributed by atoms with Crippen molar-refractivity contribution >= 4 is 15.7 Å². The molecule has 1 aromatic carbocycles. The van der Waals surface area contributed by atoms with Gasteiger partial charge in [-0.15, -0.1) is 0 Å². The van der Waals surface area contributed by atoms with E-state index in [1.165, 1.54) is 12.1 Å². The second-order valence-electron chi connectivity index (χ2n) is 5.93. The van der Waals surface area contributed by atoms with Gasteiger partial charge in [0.25, 0.3) is 0 Å². The van der Waals surface area contributed by atoms with Crippen molar-refractivity contribution in [3.05, 3.63) is 29.8 Å². The van der Waals surface area contributed by atoms with Crippen molar-refractivity contribution in [2.75, 3.05) is 26.5 Å². The third-order valence-electron chi connectivity index (χ3n) is 3.50. The number of carbonyl (C=O) groups excluding carboxylic acids is 1. The molecular formula is C16H25NO5S. The van der Waals surface area contributed by atoms with Crippen molar-refractivity contribution in [2.24, 2.45) is 0 Å². The van der Waals surface area contributed by atoms with E-state index in [4.69, 9.17) is 4.74 Å². The maximum atomic E-state index is 11.8. The van der Waals surface area contributed by atoms with E-state index < -0.39 is 15.4 Å². The number of aryl methyl sites for hydroxylation is 1. The van der Waals surface area contributed by atoms with Gasteiger partial charge in [-0.1, -0.05) is 12.1 Å². The molecule has 0 spiro atoms. The lowest BCUT2D eigenvalue weighted by Crippen LogP contribution is -2.41. The molecule has 0 saturated carbocycles. The summed E-state index contributed by atoms with van der Waals surface area (Å²) in [6, 6.07) is 6.49. The summed E-state index contributed by atoms with van der Waals surface area (Å²) in [7, 11) is -1.64. The van der Waals surface area contributed by atoms with Crippen molar-refractivity contribution in [3.8, 4) is 0 Å². The van der Waals surface area contributed by atoms with Gasteiger partial charge >= 0.3 is 0 Å². The molecule has 0 aliphatic rings. The average Bonchev–Trinajstić information content (AvgIpc) is 2.48. The van der Waals surface area contributed by atoms with E-state index >= 15 is 0 Å². The van der Waals surface area contributed by atoms with Crippen LogP contribution in [0, 0.1) is 0 Å². The van der Waals surface area contributed by atoms with Crippen LogP contribution in [0.1, 0.15) is 25.3 Å². The van der Waals surface area contributed by atoms with Crippen LogP contribution < -0.4 is 5.32 Å². The van der Waals surface area contributed by atoms with Crippen molar-refractivity contribution < 1.29 is 23.1 Å². The third-order valence-corrected chi connectivity index (χ3v) is 4.63. The summed E-state index contributed by atoms with van der Waals surface area (Å²) in [6.07, 6.45) is 2.39. The topological polar surface area (TPSA) is 92.7 Å². The van der Waals surface area contributed by atoms with E-state index in [2.05, 4.69) is 5.32 Å². The Morgan fingerprint density at radius 2 is 1.91 bits per heavy atom. The van der Waals surface area contributed by atoms with Gasteiger partial charge in [-0.2, -0.15) is 0 Å². The highest BCUT2D eigenvalue weighted by atomic mass is 32.2. The Morgan fingerprint density at radius 3 is 2.43 bits per heavy atom. The van der Waals surface area contributed by atoms with Crippen LogP contribution in [0.2, 0.25) is 0 Å². The summed E-state index contributed by atoms with van der Waals surface area (Å²) in [5.41, 5.74) is -0.110. The van der Waals surface area contributed by atoms with Crippen LogP contribution >= 0.6 is 0 Å². The van der Waals surface area contributed by atoms with E-state index in [-0.39, 0.29) is 23.8 Å². The van der Waals surface area contributed by atoms with Gasteiger partial charge in [0, 0.05) is 39.4 Å². The van der Waals surface area contributed by atoms with Crippen molar-refractivity contribution in [1.29, 1.82) is 0 Å². The fraction of sp³-hybridized carbons (Fsp3) is 0.562. The lowest BCUT2D eigenvalue weighted by atomic mass is 10.0. The van der Waals surface area contributed by atoms with Crippen LogP contribution in [0.5, 0.6) is 0 Å². The number of hydrogen-bond acceptors (Lipinski definition) is 5. The molecule has 1 aromatic rings. The fourth-order valence-corrected chi connectivity index (χ4v) is 2.58. The molecule has 0 bridgehead atoms. The summed E-state index contributed by atoms with van der Waals surface area (Å²) in [6.45, 7) is 2.24. The number of amides is 1. The molecule has 0 saturated heterocycles. The molecular weight excluding hydrogens is 318 g/mol. The van der Waals surface area contributed by atoms with Gasteiger partial charge in [0.1, 0.15) is 0 Å². The molecule has 1 amide bonds. The lowest BCUT2D eigenvalue weighted by molar-refractivity contribution is -0.122. The first-order chi connectivity index (χ1) is 10.6. The number of hydrogen-bond donors (Lipinski definition) is 2. The normalized spacial score (nSPS) is 14.3. The minimum atomic E-state index is -3.20. The first-order valence-corrected chi connectivity index (χ1v) is 9.30. The average molecular weight is 343 g/mol. The summed E-state index contributed by atoms with van der Waals surface area (Å²) in [4.78, 5) is 12.1. The van der Waals surface area contributed by atoms with Gasteiger partial charge in [0.2, 0.25) is 5.91 Å². The largest absolute Gasteiger partial charge is 0.388 e. The third kappa shape index (κ3) is 7.58. The summed E-state index contributed by atoms with van der Waals surface area (Å²) >= 11 is 0. The zero-order valence-corrected chi connectivity index (χ0v) is 14.6. The van der Waals surface area contributed by atoms with Gasteiger partial charge in [0.15, 0.2) is 9.84 Å². The van der Waals surface area contributed by atoms with Gasteiger partial charge in [0.05, 0.1) is 10.5 Å². The predicted octanol–water partition coefficient (Wildman–Crippen LogP) is 0.926. The number of ether oxygens (including phenoxy) is 1. The first kappa shape index (κ1) is 19.6. The van der Waals surface area contributed by atoms with E-state index in [0.717, 1.165) is 11.8 Å². The number of sulfone groups is 1. The zero-order valence-electron chi connectivity index (χ0n) is 13.8. The highest BCUT2D eigenvalue weighted by molar-refractivity contribution is 7.90. The van der Waals surface area contributed by atoms with Crippen molar-refractivity contribution in [3.63, 3.8) is 0 Å². The number of methoxy groups -OCH3 is 1. The molecule has 0 fully saturated rings. The summed E-state index contributed by atoms with van der Waals surface area (Å²) < 4.78 is 27.6. The molecule has 1 rings (SSSR count). The van der Waals surface area contributed by atoms with E-state index in [1.54, 1.807) is 26.2 Å². The number of rotatable bonds is 9. The van der Waals surface area contributed by atoms with Gasteiger partial charge < -0.3 is 15.2 Å². The number of benzene rings is 1. The first-order valence-electron chi connectivity index (χ1n) is 7.41. The van der Waals surface area contributed by atoms with Crippen molar-refractivity contribution in [2.45, 2.75) is 36.7 Å². The highest BCUT2D eigenvalue weighted by Crippen LogP contribution is 2.12. The van der Waals surface area contributed by atoms with Crippen LogP contribution in [-0.2, 0) is 25.8 Å². The van der Waals surface area contributed by atoms with Crippen LogP contribution in [0.4, 0.5) is 0 Å². The smallest absolute Gasteiger partial charge is 0.220 e. The molecule has 7 heteroatoms. The molecule has 1 unspecified atom stereocenters. The monoisotopic (exact) mass is 343 g/mol. The Labute approximate surface area is 137 Å². The van der Waals surface area contributed by atoms with Crippen LogP contribution in [0.25, 0.3) is 0 Å². The number of nitrogens with one attached hydrogen (secondary N) is 1. The van der Waals surface area contributed by atoms with Gasteiger partial charge in [-0.25, -0.2) is 8.42 Å². The summed E-state index contributed by atoms with van der Waals surface area (Å²) in [5.74, 6) is -0.158. The second kappa shape index (κ2) is 8.42. The Bertz CT molecular complexity index is 608. The second-order valence-corrected chi connectivity index (χ2v) is 7.95. The zero-order chi connectivity index (χ0) is 17.5. The van der Waals surface area contributed by atoms with E-state index in [9.17, 15) is 18.3 Å². The standard InChI is InChI=1S/C16H25NO5S/c1-16(19,10-11-22-2)12-17-15(18)9-6-13-4-7-14(8-5-13)23(3,20)21/h4-5,7-8,19H,6,9-12H2,1-3H3,(H,17,18). The Morgan fingerprint density at radius 1 is 1.30 bits per heavy atom. The highest BCUT2D eigenvalue weighted by Gasteiger charge is 2.20. The Hall–Kier alpha value is -1.44. The predicted molar refractivity (Wildman–Crippen MR) is 88.0 cm³/mol. The van der Waals surface area contributed by atoms with E-state index in [1.807, 2.05) is 0 Å². The maximum absolute atomic E-state index is 11.8. The molecule has 2 N–H and O–H groups in total. The Balaban J connectivity index is 2.41. The molecule has 6 nitrogen and oxygen atoms in total. The SMILES string of the molecule is COCCC(C)(O)CNC(=O)CCc1ccc(S(C)(=O)=O)cc1. The van der Waals surface area contributed by atoms with Gasteiger partial charge in [-0.3, -0.25) is 4.79 Å². The quantitative estimate of drug-likeness (QED) is 0.696. The van der Waals surface area contributed by atoms with Crippen molar-refractivity contribution in [1.82, 2.24) is 5.32 Å². The molecule has 1 atom stereocenters. The van der Waals surface area contributed by atoms with Crippen LogP contribution in [0.15, 0.2) is 29.2 Å². The van der Waals surface area contributed by atoms with Crippen LogP contribution in [-0.4, -0.2) is 51.5 Å². The molecule has 0 aromatic heterocycles.